The lowest BCUT2D eigenvalue weighted by atomic mass is 10.3. The predicted octanol–water partition coefficient (Wildman–Crippen LogP) is 4.56. The Morgan fingerprint density at radius 2 is 1.43 bits per heavy atom. The number of halogens is 3. The minimum Gasteiger partial charge on any atom is -0.378 e. The summed E-state index contributed by atoms with van der Waals surface area (Å²) >= 11 is 13.8. The minimum atomic E-state index is -3.22. The topological polar surface area (TPSA) is 20.3 Å². The van der Waals surface area contributed by atoms with Crippen LogP contribution in [0.2, 0.25) is 0 Å². The van der Waals surface area contributed by atoms with Crippen LogP contribution in [0.4, 0.5) is 5.69 Å². The Bertz CT molecular complexity index is 290. The van der Waals surface area contributed by atoms with Gasteiger partial charge in [0, 0.05) is 19.8 Å². The van der Waals surface area contributed by atoms with E-state index in [-0.39, 0.29) is 0 Å². The Morgan fingerprint density at radius 1 is 1.07 bits per heavy atom. The highest BCUT2D eigenvalue weighted by molar-refractivity contribution is 8.24. The van der Waals surface area contributed by atoms with E-state index in [1.165, 1.54) is 5.69 Å². The lowest BCUT2D eigenvalue weighted by Crippen LogP contribution is -2.07. The van der Waals surface area contributed by atoms with Gasteiger partial charge in [0.05, 0.1) is 0 Å². The molecule has 0 amide bonds. The summed E-state index contributed by atoms with van der Waals surface area (Å²) < 4.78 is 9.51. The zero-order valence-electron chi connectivity index (χ0n) is 7.82. The Labute approximate surface area is 98.5 Å². The van der Waals surface area contributed by atoms with Crippen LogP contribution in [0.15, 0.2) is 30.3 Å². The molecule has 2 nitrogen and oxygen atoms in total. The molecule has 0 saturated heterocycles. The third kappa shape index (κ3) is 10.2. The number of hydrogen-bond acceptors (Lipinski definition) is 2. The Hall–Kier alpha value is 0.120. The standard InChI is InChI=1S/C8H11N.Cl3OP/c1-9(2)8-6-4-3-5-7-8;1-5(2,3)4/h3-7H,1-2H3;. The molecule has 0 fully saturated rings. The number of nitrogens with zero attached hydrogens (tertiary/aromatic N) is 1. The molecule has 0 atom stereocenters. The average Bonchev–Trinajstić information content (AvgIpc) is 2.03. The van der Waals surface area contributed by atoms with Crippen LogP contribution in [0, 0.1) is 0 Å². The molecule has 1 rings (SSSR count). The van der Waals surface area contributed by atoms with Gasteiger partial charge in [0.15, 0.2) is 0 Å². The van der Waals surface area contributed by atoms with E-state index in [1.807, 2.05) is 32.3 Å². The van der Waals surface area contributed by atoms with Gasteiger partial charge in [0.25, 0.3) is 0 Å². The van der Waals surface area contributed by atoms with E-state index in [4.69, 9.17) is 0 Å². The molecule has 80 valence electrons. The molecule has 0 aromatic heterocycles. The van der Waals surface area contributed by atoms with Gasteiger partial charge >= 0.3 is 5.20 Å². The quantitative estimate of drug-likeness (QED) is 0.700. The first-order valence-electron chi connectivity index (χ1n) is 3.72. The largest absolute Gasteiger partial charge is 0.378 e. The number of hydrogen-bond donors (Lipinski definition) is 0. The van der Waals surface area contributed by atoms with Crippen LogP contribution in [0.3, 0.4) is 0 Å². The molecule has 0 aliphatic heterocycles. The molecular formula is C8H11Cl3NOP. The Morgan fingerprint density at radius 3 is 1.64 bits per heavy atom. The summed E-state index contributed by atoms with van der Waals surface area (Å²) in [5, 5.41) is -3.22. The van der Waals surface area contributed by atoms with Crippen molar-refractivity contribution in [3.05, 3.63) is 30.3 Å². The van der Waals surface area contributed by atoms with Crippen LogP contribution in [0.25, 0.3) is 0 Å². The first kappa shape index (κ1) is 14.1. The molecule has 1 aromatic carbocycles. The van der Waals surface area contributed by atoms with Crippen molar-refractivity contribution in [3.8, 4) is 0 Å². The number of benzene rings is 1. The zero-order valence-corrected chi connectivity index (χ0v) is 11.0. The van der Waals surface area contributed by atoms with Gasteiger partial charge < -0.3 is 4.90 Å². The van der Waals surface area contributed by atoms with E-state index < -0.39 is 5.20 Å². The molecule has 0 aliphatic rings. The molecule has 1 aromatic rings. The fourth-order valence-corrected chi connectivity index (χ4v) is 0.726. The summed E-state index contributed by atoms with van der Waals surface area (Å²) in [4.78, 5) is 2.08. The van der Waals surface area contributed by atoms with Gasteiger partial charge in [0.2, 0.25) is 0 Å². The van der Waals surface area contributed by atoms with E-state index in [1.54, 1.807) is 0 Å². The van der Waals surface area contributed by atoms with Gasteiger partial charge in [-0.25, -0.2) is 0 Å². The molecule has 0 radical (unpaired) electrons. The summed E-state index contributed by atoms with van der Waals surface area (Å²) in [7, 11) is 4.07. The second-order valence-corrected chi connectivity index (χ2v) is 9.27. The van der Waals surface area contributed by atoms with E-state index in [0.29, 0.717) is 0 Å². The highest BCUT2D eigenvalue weighted by atomic mass is 36.0. The van der Waals surface area contributed by atoms with Gasteiger partial charge in [-0.05, 0) is 45.9 Å². The second-order valence-electron chi connectivity index (χ2n) is 2.63. The van der Waals surface area contributed by atoms with Crippen LogP contribution in [0.1, 0.15) is 0 Å². The van der Waals surface area contributed by atoms with Crippen LogP contribution >= 0.6 is 38.9 Å². The van der Waals surface area contributed by atoms with E-state index in [2.05, 4.69) is 50.8 Å². The summed E-state index contributed by atoms with van der Waals surface area (Å²) in [5.41, 5.74) is 1.25. The van der Waals surface area contributed by atoms with Crippen molar-refractivity contribution in [2.75, 3.05) is 19.0 Å². The van der Waals surface area contributed by atoms with Crippen LogP contribution < -0.4 is 4.90 Å². The summed E-state index contributed by atoms with van der Waals surface area (Å²) in [5.74, 6) is 0. The highest BCUT2D eigenvalue weighted by Gasteiger charge is 2.02. The van der Waals surface area contributed by atoms with Crippen molar-refractivity contribution in [1.82, 2.24) is 0 Å². The molecule has 6 heteroatoms. The molecular weight excluding hydrogens is 263 g/mol. The van der Waals surface area contributed by atoms with E-state index in [0.717, 1.165) is 0 Å². The molecule has 0 saturated carbocycles. The molecule has 0 N–H and O–H groups in total. The first-order chi connectivity index (χ1) is 6.30. The van der Waals surface area contributed by atoms with Crippen molar-refractivity contribution in [2.24, 2.45) is 0 Å². The first-order valence-corrected chi connectivity index (χ1v) is 8.14. The maximum atomic E-state index is 9.51. The van der Waals surface area contributed by atoms with E-state index >= 15 is 0 Å². The second kappa shape index (κ2) is 6.58. The normalized spacial score (nSPS) is 10.1. The van der Waals surface area contributed by atoms with Gasteiger partial charge in [0.1, 0.15) is 0 Å². The summed E-state index contributed by atoms with van der Waals surface area (Å²) in [6.45, 7) is 0. The summed E-state index contributed by atoms with van der Waals surface area (Å²) in [6.07, 6.45) is 0. The van der Waals surface area contributed by atoms with Crippen molar-refractivity contribution in [1.29, 1.82) is 0 Å². The van der Waals surface area contributed by atoms with Gasteiger partial charge in [-0.3, -0.25) is 4.57 Å². The fraction of sp³-hybridized carbons (Fsp3) is 0.250. The van der Waals surface area contributed by atoms with E-state index in [9.17, 15) is 4.57 Å². The maximum absolute atomic E-state index is 9.51. The summed E-state index contributed by atoms with van der Waals surface area (Å²) in [6, 6.07) is 10.3. The number of anilines is 1. The third-order valence-electron chi connectivity index (χ3n) is 1.27. The lowest BCUT2D eigenvalue weighted by molar-refractivity contribution is 0.600. The maximum Gasteiger partial charge on any atom is 0.339 e. The molecule has 0 aliphatic carbocycles. The van der Waals surface area contributed by atoms with Crippen molar-refractivity contribution >= 4 is 44.6 Å². The minimum absolute atomic E-state index is 1.25. The molecule has 0 bridgehead atoms. The van der Waals surface area contributed by atoms with Crippen molar-refractivity contribution in [2.45, 2.75) is 0 Å². The number of rotatable bonds is 1. The monoisotopic (exact) mass is 273 g/mol. The lowest BCUT2D eigenvalue weighted by Gasteiger charge is -2.10. The number of para-hydroxylation sites is 1. The third-order valence-corrected chi connectivity index (χ3v) is 1.27. The van der Waals surface area contributed by atoms with Gasteiger partial charge in [-0.15, -0.1) is 0 Å². The van der Waals surface area contributed by atoms with Crippen molar-refractivity contribution < 1.29 is 4.57 Å². The van der Waals surface area contributed by atoms with Crippen LogP contribution in [0.5, 0.6) is 0 Å². The smallest absolute Gasteiger partial charge is 0.339 e. The Kier molecular flexibility index (Phi) is 6.63. The highest BCUT2D eigenvalue weighted by Crippen LogP contribution is 2.61. The van der Waals surface area contributed by atoms with Crippen LogP contribution in [-0.2, 0) is 4.57 Å². The van der Waals surface area contributed by atoms with Gasteiger partial charge in [-0.1, -0.05) is 18.2 Å². The molecule has 0 spiro atoms. The average molecular weight is 275 g/mol. The fourth-order valence-electron chi connectivity index (χ4n) is 0.726. The Balaban J connectivity index is 0.000000292. The molecule has 0 heterocycles. The molecule has 0 unspecified atom stereocenters. The SMILES string of the molecule is CN(C)c1ccccc1.O=P(Cl)(Cl)Cl. The van der Waals surface area contributed by atoms with Gasteiger partial charge in [-0.2, -0.15) is 0 Å². The predicted molar refractivity (Wildman–Crippen MR) is 65.9 cm³/mol. The van der Waals surface area contributed by atoms with Crippen LogP contribution in [-0.4, -0.2) is 14.1 Å². The molecule has 14 heavy (non-hydrogen) atoms. The van der Waals surface area contributed by atoms with Crippen molar-refractivity contribution in [3.63, 3.8) is 0 Å². The zero-order chi connectivity index (χ0) is 11.2.